The molecule has 0 fully saturated rings. The Morgan fingerprint density at radius 3 is 2.22 bits per heavy atom. The van der Waals surface area contributed by atoms with Gasteiger partial charge in [-0.15, -0.1) is 0 Å². The number of aromatic nitrogens is 2. The van der Waals surface area contributed by atoms with Crippen LogP contribution in [0.3, 0.4) is 0 Å². The van der Waals surface area contributed by atoms with Gasteiger partial charge in [0.25, 0.3) is 0 Å². The van der Waals surface area contributed by atoms with Crippen molar-refractivity contribution in [1.29, 1.82) is 0 Å². The first-order valence-electron chi connectivity index (χ1n) is 11.2. The standard InChI is InChI=1S/C25H27F4N5O2/c1-5-33(23(36)30-19-9-7-6-8-18(19)25(27,28)29)15-22(35)31-21-14-20(24(2,3)4)32-34(21)17-12-10-16(26)11-13-17/h6-14H,5,15H2,1-4H3,(H,30,36)(H,31,35). The molecule has 0 spiro atoms. The van der Waals surface area contributed by atoms with Gasteiger partial charge >= 0.3 is 12.2 Å². The second-order valence-corrected chi connectivity index (χ2v) is 9.09. The molecule has 7 nitrogen and oxygen atoms in total. The summed E-state index contributed by atoms with van der Waals surface area (Å²) in [6.07, 6.45) is -4.65. The highest BCUT2D eigenvalue weighted by Crippen LogP contribution is 2.34. The first-order valence-corrected chi connectivity index (χ1v) is 11.2. The normalized spacial score (nSPS) is 11.8. The van der Waals surface area contributed by atoms with Gasteiger partial charge < -0.3 is 15.5 Å². The van der Waals surface area contributed by atoms with E-state index in [1.165, 1.54) is 41.1 Å². The van der Waals surface area contributed by atoms with Crippen LogP contribution in [0, 0.1) is 5.82 Å². The number of nitrogens with zero attached hydrogens (tertiary/aromatic N) is 3. The topological polar surface area (TPSA) is 79.3 Å². The van der Waals surface area contributed by atoms with Crippen LogP contribution in [0.25, 0.3) is 5.69 Å². The van der Waals surface area contributed by atoms with Gasteiger partial charge in [0.15, 0.2) is 0 Å². The quantitative estimate of drug-likeness (QED) is 0.415. The fraction of sp³-hybridized carbons (Fsp3) is 0.320. The highest BCUT2D eigenvalue weighted by molar-refractivity contribution is 5.97. The third-order valence-electron chi connectivity index (χ3n) is 5.29. The minimum atomic E-state index is -4.65. The van der Waals surface area contributed by atoms with Crippen molar-refractivity contribution in [2.75, 3.05) is 23.7 Å². The Labute approximate surface area is 206 Å². The van der Waals surface area contributed by atoms with Gasteiger partial charge in [0.2, 0.25) is 5.91 Å². The van der Waals surface area contributed by atoms with Crippen LogP contribution in [0.4, 0.5) is 33.9 Å². The van der Waals surface area contributed by atoms with E-state index in [4.69, 9.17) is 0 Å². The predicted molar refractivity (Wildman–Crippen MR) is 129 cm³/mol. The zero-order chi connectivity index (χ0) is 26.7. The number of alkyl halides is 3. The Balaban J connectivity index is 1.79. The van der Waals surface area contributed by atoms with Crippen LogP contribution in [0.5, 0.6) is 0 Å². The summed E-state index contributed by atoms with van der Waals surface area (Å²) in [7, 11) is 0. The largest absolute Gasteiger partial charge is 0.418 e. The molecule has 36 heavy (non-hydrogen) atoms. The molecular weight excluding hydrogens is 478 g/mol. The van der Waals surface area contributed by atoms with Gasteiger partial charge in [-0.05, 0) is 43.3 Å². The number of carbonyl (C=O) groups excluding carboxylic acids is 2. The van der Waals surface area contributed by atoms with Crippen molar-refractivity contribution >= 4 is 23.4 Å². The lowest BCUT2D eigenvalue weighted by molar-refractivity contribution is -0.137. The van der Waals surface area contributed by atoms with Crippen molar-refractivity contribution in [2.45, 2.75) is 39.3 Å². The molecule has 0 bridgehead atoms. The number of urea groups is 1. The Morgan fingerprint density at radius 1 is 1.00 bits per heavy atom. The summed E-state index contributed by atoms with van der Waals surface area (Å²) < 4.78 is 54.6. The van der Waals surface area contributed by atoms with Crippen LogP contribution in [0.15, 0.2) is 54.6 Å². The average molecular weight is 506 g/mol. The molecule has 0 atom stereocenters. The number of benzene rings is 2. The van der Waals surface area contributed by atoms with Gasteiger partial charge in [-0.1, -0.05) is 32.9 Å². The fourth-order valence-electron chi connectivity index (χ4n) is 3.33. The molecule has 0 aliphatic heterocycles. The summed E-state index contributed by atoms with van der Waals surface area (Å²) >= 11 is 0. The van der Waals surface area contributed by atoms with E-state index in [1.807, 2.05) is 20.8 Å². The highest BCUT2D eigenvalue weighted by atomic mass is 19.4. The van der Waals surface area contributed by atoms with Gasteiger partial charge in [-0.25, -0.2) is 13.9 Å². The summed E-state index contributed by atoms with van der Waals surface area (Å²) in [4.78, 5) is 26.6. The van der Waals surface area contributed by atoms with E-state index < -0.39 is 41.7 Å². The Kier molecular flexibility index (Phi) is 7.71. The lowest BCUT2D eigenvalue weighted by atomic mass is 9.92. The summed E-state index contributed by atoms with van der Waals surface area (Å²) in [5, 5.41) is 9.48. The van der Waals surface area contributed by atoms with E-state index in [0.29, 0.717) is 17.2 Å². The molecule has 1 heterocycles. The lowest BCUT2D eigenvalue weighted by Crippen LogP contribution is -2.40. The zero-order valence-electron chi connectivity index (χ0n) is 20.3. The molecule has 3 rings (SSSR count). The number of amides is 3. The number of anilines is 2. The van der Waals surface area contributed by atoms with E-state index in [0.717, 1.165) is 17.0 Å². The van der Waals surface area contributed by atoms with Crippen LogP contribution in [0.2, 0.25) is 0 Å². The molecule has 192 valence electrons. The SMILES string of the molecule is CCN(CC(=O)Nc1cc(C(C)(C)C)nn1-c1ccc(F)cc1)C(=O)Nc1ccccc1C(F)(F)F. The summed E-state index contributed by atoms with van der Waals surface area (Å²) in [5.41, 5.74) is -0.576. The van der Waals surface area contributed by atoms with Crippen molar-refractivity contribution in [2.24, 2.45) is 0 Å². The Bertz CT molecular complexity index is 1230. The number of nitrogens with one attached hydrogen (secondary N) is 2. The maximum Gasteiger partial charge on any atom is 0.418 e. The van der Waals surface area contributed by atoms with Gasteiger partial charge in [-0.2, -0.15) is 18.3 Å². The lowest BCUT2D eigenvalue weighted by Gasteiger charge is -2.22. The monoisotopic (exact) mass is 505 g/mol. The van der Waals surface area contributed by atoms with Gasteiger partial charge in [-0.3, -0.25) is 4.79 Å². The number of likely N-dealkylation sites (N-methyl/N-ethyl adjacent to an activating group) is 1. The number of carbonyl (C=O) groups is 2. The molecule has 0 aliphatic rings. The van der Waals surface area contributed by atoms with Crippen LogP contribution in [-0.2, 0) is 16.4 Å². The molecule has 3 amide bonds. The second kappa shape index (κ2) is 10.4. The zero-order valence-corrected chi connectivity index (χ0v) is 20.3. The predicted octanol–water partition coefficient (Wildman–Crippen LogP) is 5.82. The first-order chi connectivity index (χ1) is 16.8. The maximum atomic E-state index is 13.4. The van der Waals surface area contributed by atoms with Crippen molar-refractivity contribution in [1.82, 2.24) is 14.7 Å². The number of rotatable bonds is 6. The van der Waals surface area contributed by atoms with E-state index in [2.05, 4.69) is 15.7 Å². The molecule has 0 radical (unpaired) electrons. The minimum Gasteiger partial charge on any atom is -0.315 e. The molecule has 0 saturated carbocycles. The van der Waals surface area contributed by atoms with Crippen LogP contribution in [0.1, 0.15) is 39.0 Å². The molecule has 0 saturated heterocycles. The molecule has 11 heteroatoms. The van der Waals surface area contributed by atoms with E-state index in [1.54, 1.807) is 13.0 Å². The van der Waals surface area contributed by atoms with Gasteiger partial charge in [0.05, 0.1) is 22.6 Å². The molecule has 3 aromatic rings. The smallest absolute Gasteiger partial charge is 0.315 e. The second-order valence-electron chi connectivity index (χ2n) is 9.09. The average Bonchev–Trinajstić information content (AvgIpc) is 3.21. The van der Waals surface area contributed by atoms with Crippen molar-refractivity contribution in [3.8, 4) is 5.69 Å². The molecular formula is C25H27F4N5O2. The Morgan fingerprint density at radius 2 is 1.64 bits per heavy atom. The molecule has 2 aromatic carbocycles. The highest BCUT2D eigenvalue weighted by Gasteiger charge is 2.34. The van der Waals surface area contributed by atoms with Crippen LogP contribution < -0.4 is 10.6 Å². The number of para-hydroxylation sites is 1. The van der Waals surface area contributed by atoms with Crippen LogP contribution in [-0.4, -0.2) is 39.7 Å². The first kappa shape index (κ1) is 26.7. The van der Waals surface area contributed by atoms with Crippen molar-refractivity contribution in [3.05, 3.63) is 71.7 Å². The third kappa shape index (κ3) is 6.41. The van der Waals surface area contributed by atoms with E-state index >= 15 is 0 Å². The van der Waals surface area contributed by atoms with Crippen LogP contribution >= 0.6 is 0 Å². The third-order valence-corrected chi connectivity index (χ3v) is 5.29. The van der Waals surface area contributed by atoms with Gasteiger partial charge in [0.1, 0.15) is 18.2 Å². The number of hydrogen-bond donors (Lipinski definition) is 2. The molecule has 0 unspecified atom stereocenters. The summed E-state index contributed by atoms with van der Waals surface area (Å²) in [6, 6.07) is 11.0. The van der Waals surface area contributed by atoms with Crippen molar-refractivity contribution < 1.29 is 27.2 Å². The fourth-order valence-corrected chi connectivity index (χ4v) is 3.33. The number of halogens is 4. The van der Waals surface area contributed by atoms with Crippen molar-refractivity contribution in [3.63, 3.8) is 0 Å². The Hall–Kier alpha value is -3.89. The maximum absolute atomic E-state index is 13.4. The molecule has 2 N–H and O–H groups in total. The molecule has 1 aromatic heterocycles. The molecule has 0 aliphatic carbocycles. The minimum absolute atomic E-state index is 0.0674. The van der Waals surface area contributed by atoms with E-state index in [-0.39, 0.29) is 12.0 Å². The van der Waals surface area contributed by atoms with Gasteiger partial charge in [0, 0.05) is 18.0 Å². The summed E-state index contributed by atoms with van der Waals surface area (Å²) in [6.45, 7) is 7.07. The summed E-state index contributed by atoms with van der Waals surface area (Å²) in [5.74, 6) is -0.709. The van der Waals surface area contributed by atoms with E-state index in [9.17, 15) is 27.2 Å². The number of hydrogen-bond acceptors (Lipinski definition) is 3.